The van der Waals surface area contributed by atoms with Gasteiger partial charge in [0.1, 0.15) is 5.75 Å². The second-order valence-electron chi connectivity index (χ2n) is 4.78. The van der Waals surface area contributed by atoms with Crippen molar-refractivity contribution < 1.29 is 5.11 Å². The quantitative estimate of drug-likeness (QED) is 0.731. The molecule has 1 saturated carbocycles. The summed E-state index contributed by atoms with van der Waals surface area (Å²) in [5.74, 6) is 1.14. The Labute approximate surface area is 92.1 Å². The number of hydrogen-bond donors (Lipinski definition) is 1. The maximum Gasteiger partial charge on any atom is 0.122 e. The average Bonchev–Trinajstić information content (AvgIpc) is 2.27. The van der Waals surface area contributed by atoms with Crippen LogP contribution in [0.15, 0.2) is 12.1 Å². The van der Waals surface area contributed by atoms with Crippen molar-refractivity contribution in [2.24, 2.45) is 0 Å². The number of aromatic hydroxyl groups is 1. The van der Waals surface area contributed by atoms with E-state index in [2.05, 4.69) is 19.1 Å². The molecule has 1 aromatic rings. The van der Waals surface area contributed by atoms with E-state index in [0.29, 0.717) is 11.7 Å². The molecule has 1 aliphatic rings. The van der Waals surface area contributed by atoms with E-state index in [1.165, 1.54) is 43.2 Å². The number of aryl methyl sites for hydroxylation is 1. The molecule has 82 valence electrons. The molecule has 1 heteroatoms. The first-order chi connectivity index (χ1) is 7.20. The van der Waals surface area contributed by atoms with E-state index in [4.69, 9.17) is 0 Å². The van der Waals surface area contributed by atoms with Crippen molar-refractivity contribution >= 4 is 0 Å². The van der Waals surface area contributed by atoms with E-state index in [1.54, 1.807) is 0 Å². The average molecular weight is 204 g/mol. The Morgan fingerprint density at radius 2 is 1.73 bits per heavy atom. The number of phenolic OH excluding ortho intramolecular Hbond substituents is 1. The smallest absolute Gasteiger partial charge is 0.122 e. The number of hydrogen-bond acceptors (Lipinski definition) is 1. The standard InChI is InChI=1S/C14H20O/c1-10-8-9-13(14(15)11(10)2)12-6-4-3-5-7-12/h8-9,12,15H,3-7H2,1-2H3. The van der Waals surface area contributed by atoms with Crippen LogP contribution in [0.4, 0.5) is 0 Å². The zero-order chi connectivity index (χ0) is 10.8. The minimum atomic E-state index is 0.543. The Morgan fingerprint density at radius 1 is 1.07 bits per heavy atom. The van der Waals surface area contributed by atoms with Gasteiger partial charge in [-0.05, 0) is 49.3 Å². The molecule has 2 rings (SSSR count). The van der Waals surface area contributed by atoms with Crippen LogP contribution < -0.4 is 0 Å². The minimum Gasteiger partial charge on any atom is -0.507 e. The van der Waals surface area contributed by atoms with Gasteiger partial charge in [0.05, 0.1) is 0 Å². The van der Waals surface area contributed by atoms with Crippen molar-refractivity contribution in [1.29, 1.82) is 0 Å². The van der Waals surface area contributed by atoms with Gasteiger partial charge in [0.2, 0.25) is 0 Å². The van der Waals surface area contributed by atoms with Crippen molar-refractivity contribution in [3.8, 4) is 5.75 Å². The Morgan fingerprint density at radius 3 is 2.40 bits per heavy atom. The first-order valence-corrected chi connectivity index (χ1v) is 5.99. The molecular formula is C14H20O. The van der Waals surface area contributed by atoms with E-state index < -0.39 is 0 Å². The van der Waals surface area contributed by atoms with Gasteiger partial charge in [-0.1, -0.05) is 31.4 Å². The van der Waals surface area contributed by atoms with Crippen molar-refractivity contribution in [3.05, 3.63) is 28.8 Å². The van der Waals surface area contributed by atoms with Crippen LogP contribution in [0.5, 0.6) is 5.75 Å². The van der Waals surface area contributed by atoms with Crippen LogP contribution in [-0.4, -0.2) is 5.11 Å². The molecule has 1 N–H and O–H groups in total. The van der Waals surface area contributed by atoms with Gasteiger partial charge in [0, 0.05) is 0 Å². The van der Waals surface area contributed by atoms with Crippen molar-refractivity contribution in [3.63, 3.8) is 0 Å². The lowest BCUT2D eigenvalue weighted by molar-refractivity contribution is 0.412. The fraction of sp³-hybridized carbons (Fsp3) is 0.571. The summed E-state index contributed by atoms with van der Waals surface area (Å²) in [4.78, 5) is 0. The molecule has 0 heterocycles. The van der Waals surface area contributed by atoms with Crippen LogP contribution in [0, 0.1) is 13.8 Å². The zero-order valence-electron chi connectivity index (χ0n) is 9.71. The molecule has 1 aliphatic carbocycles. The lowest BCUT2D eigenvalue weighted by Gasteiger charge is -2.23. The van der Waals surface area contributed by atoms with Gasteiger partial charge in [-0.15, -0.1) is 0 Å². The second-order valence-corrected chi connectivity index (χ2v) is 4.78. The first kappa shape index (κ1) is 10.5. The predicted octanol–water partition coefficient (Wildman–Crippen LogP) is 4.06. The summed E-state index contributed by atoms with van der Waals surface area (Å²) in [7, 11) is 0. The Bertz CT molecular complexity index is 349. The molecule has 0 aromatic heterocycles. The van der Waals surface area contributed by atoms with Crippen molar-refractivity contribution in [2.45, 2.75) is 51.9 Å². The van der Waals surface area contributed by atoms with Crippen LogP contribution in [0.2, 0.25) is 0 Å². The van der Waals surface area contributed by atoms with Crippen molar-refractivity contribution in [2.75, 3.05) is 0 Å². The van der Waals surface area contributed by atoms with E-state index in [9.17, 15) is 5.11 Å². The number of rotatable bonds is 1. The predicted molar refractivity (Wildman–Crippen MR) is 63.4 cm³/mol. The van der Waals surface area contributed by atoms with Crippen LogP contribution >= 0.6 is 0 Å². The van der Waals surface area contributed by atoms with Gasteiger partial charge in [-0.2, -0.15) is 0 Å². The normalized spacial score (nSPS) is 18.0. The van der Waals surface area contributed by atoms with Crippen LogP contribution in [0.1, 0.15) is 54.7 Å². The molecule has 0 radical (unpaired) electrons. The molecule has 1 nitrogen and oxygen atoms in total. The molecule has 15 heavy (non-hydrogen) atoms. The van der Waals surface area contributed by atoms with Crippen LogP contribution in [0.25, 0.3) is 0 Å². The number of benzene rings is 1. The highest BCUT2D eigenvalue weighted by Gasteiger charge is 2.19. The zero-order valence-corrected chi connectivity index (χ0v) is 9.71. The summed E-state index contributed by atoms with van der Waals surface area (Å²) in [5.41, 5.74) is 3.42. The highest BCUT2D eigenvalue weighted by atomic mass is 16.3. The van der Waals surface area contributed by atoms with E-state index in [-0.39, 0.29) is 0 Å². The molecule has 0 bridgehead atoms. The summed E-state index contributed by atoms with van der Waals surface area (Å²) >= 11 is 0. The Balaban J connectivity index is 2.31. The third-order valence-corrected chi connectivity index (χ3v) is 3.78. The van der Waals surface area contributed by atoms with Gasteiger partial charge < -0.3 is 5.11 Å². The summed E-state index contributed by atoms with van der Waals surface area (Å²) < 4.78 is 0. The maximum atomic E-state index is 10.1. The summed E-state index contributed by atoms with van der Waals surface area (Å²) in [5, 5.41) is 10.1. The maximum absolute atomic E-state index is 10.1. The van der Waals surface area contributed by atoms with Crippen LogP contribution in [0.3, 0.4) is 0 Å². The number of phenols is 1. The van der Waals surface area contributed by atoms with E-state index in [1.807, 2.05) is 6.92 Å². The topological polar surface area (TPSA) is 20.2 Å². The van der Waals surface area contributed by atoms with E-state index >= 15 is 0 Å². The SMILES string of the molecule is Cc1ccc(C2CCCCC2)c(O)c1C. The van der Waals surface area contributed by atoms with Crippen molar-refractivity contribution in [1.82, 2.24) is 0 Å². The molecule has 0 aliphatic heterocycles. The van der Waals surface area contributed by atoms with Gasteiger partial charge in [-0.3, -0.25) is 0 Å². The first-order valence-electron chi connectivity index (χ1n) is 5.99. The molecule has 0 saturated heterocycles. The fourth-order valence-electron chi connectivity index (χ4n) is 2.57. The van der Waals surface area contributed by atoms with Gasteiger partial charge in [0.25, 0.3) is 0 Å². The monoisotopic (exact) mass is 204 g/mol. The highest BCUT2D eigenvalue weighted by Crippen LogP contribution is 2.38. The van der Waals surface area contributed by atoms with Gasteiger partial charge >= 0.3 is 0 Å². The molecule has 0 spiro atoms. The molecule has 1 aromatic carbocycles. The largest absolute Gasteiger partial charge is 0.507 e. The Kier molecular flexibility index (Phi) is 2.99. The minimum absolute atomic E-state index is 0.543. The third-order valence-electron chi connectivity index (χ3n) is 3.78. The molecular weight excluding hydrogens is 184 g/mol. The third kappa shape index (κ3) is 2.01. The van der Waals surface area contributed by atoms with Gasteiger partial charge in [0.15, 0.2) is 0 Å². The summed E-state index contributed by atoms with van der Waals surface area (Å²) in [6.45, 7) is 4.07. The lowest BCUT2D eigenvalue weighted by Crippen LogP contribution is -2.05. The lowest BCUT2D eigenvalue weighted by atomic mass is 9.82. The van der Waals surface area contributed by atoms with Gasteiger partial charge in [-0.25, -0.2) is 0 Å². The summed E-state index contributed by atoms with van der Waals surface area (Å²) in [6.07, 6.45) is 6.49. The second kappa shape index (κ2) is 4.26. The molecule has 0 unspecified atom stereocenters. The fourth-order valence-corrected chi connectivity index (χ4v) is 2.57. The molecule has 0 atom stereocenters. The van der Waals surface area contributed by atoms with E-state index in [0.717, 1.165) is 5.56 Å². The van der Waals surface area contributed by atoms with Crippen LogP contribution in [-0.2, 0) is 0 Å². The molecule has 1 fully saturated rings. The highest BCUT2D eigenvalue weighted by molar-refractivity contribution is 5.45. The Hall–Kier alpha value is -0.980. The summed E-state index contributed by atoms with van der Waals surface area (Å²) in [6, 6.07) is 4.26. The molecule has 0 amide bonds.